The van der Waals surface area contributed by atoms with Gasteiger partial charge in [0, 0.05) is 0 Å². The van der Waals surface area contributed by atoms with Gasteiger partial charge < -0.3 is 13.9 Å². The molecule has 0 aliphatic carbocycles. The highest BCUT2D eigenvalue weighted by Gasteiger charge is 2.25. The first kappa shape index (κ1) is 14.8. The molecule has 0 amide bonds. The average Bonchev–Trinajstić information content (AvgIpc) is 2.13. The maximum Gasteiger partial charge on any atom is 0.345 e. The van der Waals surface area contributed by atoms with E-state index < -0.39 is 14.3 Å². The molecular formula is C11H20O4Si. The van der Waals surface area contributed by atoms with Gasteiger partial charge in [-0.1, -0.05) is 6.58 Å². The van der Waals surface area contributed by atoms with E-state index >= 15 is 0 Å². The summed E-state index contributed by atoms with van der Waals surface area (Å²) in [5.41, 5.74) is 0.814. The van der Waals surface area contributed by atoms with Gasteiger partial charge >= 0.3 is 5.97 Å². The molecule has 0 bridgehead atoms. The lowest BCUT2D eigenvalue weighted by Crippen LogP contribution is -2.27. The van der Waals surface area contributed by atoms with E-state index in [1.165, 1.54) is 14.2 Å². The maximum absolute atomic E-state index is 11.6. The second-order valence-corrected chi connectivity index (χ2v) is 8.78. The van der Waals surface area contributed by atoms with E-state index in [0.717, 1.165) is 0 Å². The summed E-state index contributed by atoms with van der Waals surface area (Å²) < 4.78 is 15.4. The minimum Gasteiger partial charge on any atom is -0.519 e. The predicted molar refractivity (Wildman–Crippen MR) is 65.3 cm³/mol. The third kappa shape index (κ3) is 4.52. The summed E-state index contributed by atoms with van der Waals surface area (Å²) in [6, 6.07) is 0. The highest BCUT2D eigenvalue weighted by molar-refractivity contribution is 6.70. The number of hydrogen-bond acceptors (Lipinski definition) is 4. The average molecular weight is 244 g/mol. The van der Waals surface area contributed by atoms with Crippen molar-refractivity contribution in [3.63, 3.8) is 0 Å². The lowest BCUT2D eigenvalue weighted by Gasteiger charge is -2.22. The lowest BCUT2D eigenvalue weighted by atomic mass is 10.1. The van der Waals surface area contributed by atoms with Crippen molar-refractivity contribution < 1.29 is 18.7 Å². The molecule has 0 aliphatic heterocycles. The van der Waals surface area contributed by atoms with E-state index in [9.17, 15) is 4.79 Å². The second kappa shape index (κ2) is 5.74. The number of carbonyl (C=O) groups is 1. The normalized spacial score (nSPS) is 12.6. The number of methoxy groups -OCH3 is 2. The van der Waals surface area contributed by atoms with Gasteiger partial charge in [0.25, 0.3) is 5.95 Å². The number of rotatable bonds is 5. The molecule has 0 saturated heterocycles. The van der Waals surface area contributed by atoms with Crippen LogP contribution in [-0.4, -0.2) is 28.5 Å². The highest BCUT2D eigenvalue weighted by atomic mass is 28.4. The van der Waals surface area contributed by atoms with E-state index in [1.54, 1.807) is 6.92 Å². The summed E-state index contributed by atoms with van der Waals surface area (Å²) in [5.74, 6) is -0.305. The molecule has 0 fully saturated rings. The molecule has 0 saturated carbocycles. The van der Waals surface area contributed by atoms with Gasteiger partial charge in [-0.25, -0.2) is 4.79 Å². The van der Waals surface area contributed by atoms with Gasteiger partial charge in [-0.05, 0) is 32.1 Å². The smallest absolute Gasteiger partial charge is 0.345 e. The Hall–Kier alpha value is -1.23. The number of carbonyl (C=O) groups excluding carboxylic acids is 1. The van der Waals surface area contributed by atoms with Gasteiger partial charge in [0.1, 0.15) is 5.57 Å². The third-order valence-electron chi connectivity index (χ3n) is 1.60. The van der Waals surface area contributed by atoms with Crippen molar-refractivity contribution in [1.29, 1.82) is 0 Å². The fourth-order valence-corrected chi connectivity index (χ4v) is 1.75. The molecule has 0 aliphatic rings. The molecule has 0 atom stereocenters. The SMILES string of the molecule is C=C(C)/C(C(=O)OC)=C(/OC)O[Si](C)(C)C. The zero-order valence-corrected chi connectivity index (χ0v) is 11.8. The summed E-state index contributed by atoms with van der Waals surface area (Å²) >= 11 is 0. The van der Waals surface area contributed by atoms with Gasteiger partial charge in [-0.2, -0.15) is 0 Å². The van der Waals surface area contributed by atoms with Gasteiger partial charge in [0.15, 0.2) is 0 Å². The summed E-state index contributed by atoms with van der Waals surface area (Å²) in [6.45, 7) is 11.4. The fraction of sp³-hybridized carbons (Fsp3) is 0.545. The number of ether oxygens (including phenoxy) is 2. The zero-order valence-electron chi connectivity index (χ0n) is 10.8. The quantitative estimate of drug-likeness (QED) is 0.245. The third-order valence-corrected chi connectivity index (χ3v) is 2.40. The summed E-state index contributed by atoms with van der Waals surface area (Å²) in [4.78, 5) is 11.6. The molecule has 16 heavy (non-hydrogen) atoms. The van der Waals surface area contributed by atoms with E-state index in [1.807, 2.05) is 19.6 Å². The monoisotopic (exact) mass is 244 g/mol. The Bertz CT molecular complexity index is 312. The second-order valence-electron chi connectivity index (χ2n) is 4.35. The fourth-order valence-electron chi connectivity index (χ4n) is 1.01. The molecule has 0 radical (unpaired) electrons. The predicted octanol–water partition coefficient (Wildman–Crippen LogP) is 2.45. The molecule has 0 aromatic heterocycles. The van der Waals surface area contributed by atoms with Gasteiger partial charge in [-0.3, -0.25) is 0 Å². The molecule has 0 heterocycles. The molecule has 0 aromatic carbocycles. The topological polar surface area (TPSA) is 44.8 Å². The zero-order chi connectivity index (χ0) is 12.9. The molecule has 92 valence electrons. The van der Waals surface area contributed by atoms with Crippen LogP contribution in [0.5, 0.6) is 0 Å². The standard InChI is InChI=1S/C11H20O4Si/c1-8(2)9(10(12)13-3)11(14-4)15-16(5,6)7/h1H2,2-7H3/b11-9+. The Balaban J connectivity index is 5.34. The minimum atomic E-state index is -1.84. The van der Waals surface area contributed by atoms with Crippen LogP contribution in [0.25, 0.3) is 0 Å². The van der Waals surface area contributed by atoms with Crippen LogP contribution in [0.15, 0.2) is 23.7 Å². The Morgan fingerprint density at radius 3 is 1.88 bits per heavy atom. The van der Waals surface area contributed by atoms with Crippen molar-refractivity contribution in [2.75, 3.05) is 14.2 Å². The first-order valence-electron chi connectivity index (χ1n) is 4.94. The highest BCUT2D eigenvalue weighted by Crippen LogP contribution is 2.20. The van der Waals surface area contributed by atoms with Crippen LogP contribution >= 0.6 is 0 Å². The summed E-state index contributed by atoms with van der Waals surface area (Å²) in [5, 5.41) is 0. The van der Waals surface area contributed by atoms with Crippen LogP contribution in [-0.2, 0) is 18.7 Å². The van der Waals surface area contributed by atoms with Crippen LogP contribution in [0.1, 0.15) is 6.92 Å². The maximum atomic E-state index is 11.6. The molecule has 0 rings (SSSR count). The van der Waals surface area contributed by atoms with Crippen molar-refractivity contribution in [2.45, 2.75) is 26.6 Å². The largest absolute Gasteiger partial charge is 0.519 e. The van der Waals surface area contributed by atoms with E-state index in [2.05, 4.69) is 11.3 Å². The first-order valence-corrected chi connectivity index (χ1v) is 8.35. The first-order chi connectivity index (χ1) is 7.22. The van der Waals surface area contributed by atoms with E-state index in [-0.39, 0.29) is 11.5 Å². The Labute approximate surface area is 98.0 Å². The minimum absolute atomic E-state index is 0.193. The molecule has 5 heteroatoms. The number of esters is 1. The van der Waals surface area contributed by atoms with Crippen LogP contribution in [0, 0.1) is 0 Å². The van der Waals surface area contributed by atoms with Crippen LogP contribution in [0.3, 0.4) is 0 Å². The van der Waals surface area contributed by atoms with Crippen molar-refractivity contribution in [3.8, 4) is 0 Å². The lowest BCUT2D eigenvalue weighted by molar-refractivity contribution is -0.136. The van der Waals surface area contributed by atoms with Crippen molar-refractivity contribution in [3.05, 3.63) is 23.7 Å². The molecule has 0 spiro atoms. The van der Waals surface area contributed by atoms with E-state index in [4.69, 9.17) is 9.16 Å². The van der Waals surface area contributed by atoms with E-state index in [0.29, 0.717) is 5.57 Å². The molecule has 0 unspecified atom stereocenters. The number of hydrogen-bond donors (Lipinski definition) is 0. The summed E-state index contributed by atoms with van der Waals surface area (Å²) in [7, 11) is 0.932. The van der Waals surface area contributed by atoms with Crippen molar-refractivity contribution in [2.24, 2.45) is 0 Å². The van der Waals surface area contributed by atoms with Gasteiger partial charge in [0.2, 0.25) is 8.32 Å². The van der Waals surface area contributed by atoms with Crippen molar-refractivity contribution in [1.82, 2.24) is 0 Å². The molecule has 4 nitrogen and oxygen atoms in total. The Morgan fingerprint density at radius 2 is 1.62 bits per heavy atom. The summed E-state index contributed by atoms with van der Waals surface area (Å²) in [6.07, 6.45) is 0. The van der Waals surface area contributed by atoms with Gasteiger partial charge in [0.05, 0.1) is 14.2 Å². The molecule has 0 aromatic rings. The molecule has 0 N–H and O–H groups in total. The van der Waals surface area contributed by atoms with Crippen LogP contribution in [0.4, 0.5) is 0 Å². The van der Waals surface area contributed by atoms with Gasteiger partial charge in [-0.15, -0.1) is 0 Å². The molecular weight excluding hydrogens is 224 g/mol. The van der Waals surface area contributed by atoms with Crippen LogP contribution in [0.2, 0.25) is 19.6 Å². The Kier molecular flexibility index (Phi) is 5.30. The van der Waals surface area contributed by atoms with Crippen molar-refractivity contribution >= 4 is 14.3 Å². The van der Waals surface area contributed by atoms with Crippen LogP contribution < -0.4 is 0 Å². The Morgan fingerprint density at radius 1 is 1.12 bits per heavy atom.